The quantitative estimate of drug-likeness (QED) is 0.775. The van der Waals surface area contributed by atoms with E-state index in [-0.39, 0.29) is 18.2 Å². The summed E-state index contributed by atoms with van der Waals surface area (Å²) in [6.45, 7) is 5.61. The number of carbonyl (C=O) groups excluding carboxylic acids is 1. The van der Waals surface area contributed by atoms with Crippen LogP contribution in [0.3, 0.4) is 0 Å². The SMILES string of the molecule is CS[C@H](C)CNC(=O)N[C@@H](C)[C@H]1CCCO1. The fourth-order valence-corrected chi connectivity index (χ4v) is 1.92. The molecule has 0 aromatic rings. The molecular formula is C11H22N2O2S. The third-order valence-corrected chi connectivity index (χ3v) is 3.81. The molecule has 0 bridgehead atoms. The van der Waals surface area contributed by atoms with Crippen molar-refractivity contribution in [3.05, 3.63) is 0 Å². The van der Waals surface area contributed by atoms with Crippen LogP contribution in [0.1, 0.15) is 26.7 Å². The molecule has 2 N–H and O–H groups in total. The Hall–Kier alpha value is -0.420. The van der Waals surface area contributed by atoms with Gasteiger partial charge in [-0.05, 0) is 26.0 Å². The van der Waals surface area contributed by atoms with Crippen molar-refractivity contribution in [2.45, 2.75) is 44.1 Å². The molecule has 1 rings (SSSR count). The van der Waals surface area contributed by atoms with E-state index >= 15 is 0 Å². The van der Waals surface area contributed by atoms with E-state index in [0.717, 1.165) is 19.4 Å². The highest BCUT2D eigenvalue weighted by atomic mass is 32.2. The second-order valence-corrected chi connectivity index (χ2v) is 5.52. The van der Waals surface area contributed by atoms with Crippen molar-refractivity contribution in [2.75, 3.05) is 19.4 Å². The Morgan fingerprint density at radius 3 is 2.88 bits per heavy atom. The highest BCUT2D eigenvalue weighted by Crippen LogP contribution is 2.15. The van der Waals surface area contributed by atoms with Crippen LogP contribution in [0.25, 0.3) is 0 Å². The molecule has 0 unspecified atom stereocenters. The first-order chi connectivity index (χ1) is 7.63. The lowest BCUT2D eigenvalue weighted by Gasteiger charge is -2.20. The summed E-state index contributed by atoms with van der Waals surface area (Å²) in [6.07, 6.45) is 4.37. The van der Waals surface area contributed by atoms with E-state index in [1.165, 1.54) is 0 Å². The summed E-state index contributed by atoms with van der Waals surface area (Å²) in [5.74, 6) is 0. The molecule has 4 nitrogen and oxygen atoms in total. The number of amides is 2. The Balaban J connectivity index is 2.17. The van der Waals surface area contributed by atoms with Crippen LogP contribution in [0.5, 0.6) is 0 Å². The van der Waals surface area contributed by atoms with Crippen molar-refractivity contribution in [2.24, 2.45) is 0 Å². The van der Waals surface area contributed by atoms with Crippen molar-refractivity contribution in [3.8, 4) is 0 Å². The van der Waals surface area contributed by atoms with E-state index in [0.29, 0.717) is 11.8 Å². The van der Waals surface area contributed by atoms with Crippen LogP contribution in [0.2, 0.25) is 0 Å². The number of carbonyl (C=O) groups is 1. The molecule has 94 valence electrons. The van der Waals surface area contributed by atoms with Crippen LogP contribution < -0.4 is 10.6 Å². The third-order valence-electron chi connectivity index (χ3n) is 2.83. The standard InChI is InChI=1S/C11H22N2O2S/c1-8(16-3)7-12-11(14)13-9(2)10-5-4-6-15-10/h8-10H,4-7H2,1-3H3,(H2,12,13,14)/t8-,9+,10-/m1/s1. The smallest absolute Gasteiger partial charge is 0.315 e. The van der Waals surface area contributed by atoms with E-state index in [1.807, 2.05) is 13.2 Å². The minimum atomic E-state index is -0.0936. The second-order valence-electron chi connectivity index (χ2n) is 4.24. The lowest BCUT2D eigenvalue weighted by molar-refractivity contribution is 0.0860. The Labute approximate surface area is 102 Å². The van der Waals surface area contributed by atoms with E-state index in [4.69, 9.17) is 4.74 Å². The predicted molar refractivity (Wildman–Crippen MR) is 67.9 cm³/mol. The van der Waals surface area contributed by atoms with E-state index in [9.17, 15) is 4.79 Å². The maximum atomic E-state index is 11.5. The Morgan fingerprint density at radius 2 is 2.31 bits per heavy atom. The number of thioether (sulfide) groups is 1. The molecule has 2 amide bonds. The maximum Gasteiger partial charge on any atom is 0.315 e. The molecule has 1 saturated heterocycles. The summed E-state index contributed by atoms with van der Waals surface area (Å²) in [4.78, 5) is 11.5. The van der Waals surface area contributed by atoms with E-state index in [2.05, 4.69) is 17.6 Å². The van der Waals surface area contributed by atoms with Crippen LogP contribution in [-0.2, 0) is 4.74 Å². The summed E-state index contributed by atoms with van der Waals surface area (Å²) in [5.41, 5.74) is 0. The monoisotopic (exact) mass is 246 g/mol. The topological polar surface area (TPSA) is 50.4 Å². The predicted octanol–water partition coefficient (Wildman–Crippen LogP) is 1.60. The van der Waals surface area contributed by atoms with Gasteiger partial charge in [-0.1, -0.05) is 6.92 Å². The zero-order valence-electron chi connectivity index (χ0n) is 10.3. The van der Waals surface area contributed by atoms with Crippen LogP contribution in [0.15, 0.2) is 0 Å². The molecule has 1 fully saturated rings. The molecule has 0 aromatic heterocycles. The van der Waals surface area contributed by atoms with E-state index < -0.39 is 0 Å². The number of urea groups is 1. The molecule has 1 aliphatic rings. The van der Waals surface area contributed by atoms with Crippen LogP contribution in [-0.4, -0.2) is 42.8 Å². The van der Waals surface area contributed by atoms with Crippen molar-refractivity contribution in [1.82, 2.24) is 10.6 Å². The van der Waals surface area contributed by atoms with Gasteiger partial charge in [0, 0.05) is 18.4 Å². The number of rotatable bonds is 5. The second kappa shape index (κ2) is 7.01. The minimum absolute atomic E-state index is 0.0899. The highest BCUT2D eigenvalue weighted by Gasteiger charge is 2.23. The molecule has 0 radical (unpaired) electrons. The molecule has 0 aliphatic carbocycles. The lowest BCUT2D eigenvalue weighted by atomic mass is 10.1. The Morgan fingerprint density at radius 1 is 1.56 bits per heavy atom. The molecule has 5 heteroatoms. The van der Waals surface area contributed by atoms with Crippen molar-refractivity contribution >= 4 is 17.8 Å². The largest absolute Gasteiger partial charge is 0.376 e. The zero-order chi connectivity index (χ0) is 12.0. The number of hydrogen-bond acceptors (Lipinski definition) is 3. The fourth-order valence-electron chi connectivity index (χ4n) is 1.67. The molecule has 1 heterocycles. The molecule has 3 atom stereocenters. The van der Waals surface area contributed by atoms with Gasteiger partial charge in [0.05, 0.1) is 12.1 Å². The van der Waals surface area contributed by atoms with Gasteiger partial charge in [-0.25, -0.2) is 4.79 Å². The van der Waals surface area contributed by atoms with Crippen molar-refractivity contribution < 1.29 is 9.53 Å². The Bertz CT molecular complexity index is 220. The molecule has 0 aromatic carbocycles. The average molecular weight is 246 g/mol. The molecule has 0 saturated carbocycles. The summed E-state index contributed by atoms with van der Waals surface area (Å²) in [6, 6.07) is -0.00372. The van der Waals surface area contributed by atoms with Gasteiger partial charge in [-0.15, -0.1) is 0 Å². The molecule has 0 spiro atoms. The average Bonchev–Trinajstić information content (AvgIpc) is 2.79. The minimum Gasteiger partial charge on any atom is -0.376 e. The first-order valence-electron chi connectivity index (χ1n) is 5.82. The molecular weight excluding hydrogens is 224 g/mol. The lowest BCUT2D eigenvalue weighted by Crippen LogP contribution is -2.47. The summed E-state index contributed by atoms with van der Waals surface area (Å²) >= 11 is 1.74. The number of ether oxygens (including phenoxy) is 1. The van der Waals surface area contributed by atoms with Gasteiger partial charge in [0.1, 0.15) is 0 Å². The van der Waals surface area contributed by atoms with Crippen LogP contribution in [0, 0.1) is 0 Å². The van der Waals surface area contributed by atoms with Gasteiger partial charge >= 0.3 is 6.03 Å². The molecule has 16 heavy (non-hydrogen) atoms. The van der Waals surface area contributed by atoms with Gasteiger partial charge in [0.15, 0.2) is 0 Å². The third kappa shape index (κ3) is 4.61. The van der Waals surface area contributed by atoms with Gasteiger partial charge in [0.25, 0.3) is 0 Å². The van der Waals surface area contributed by atoms with Crippen molar-refractivity contribution in [1.29, 1.82) is 0 Å². The number of nitrogens with one attached hydrogen (secondary N) is 2. The zero-order valence-corrected chi connectivity index (χ0v) is 11.1. The Kier molecular flexibility index (Phi) is 5.98. The summed E-state index contributed by atoms with van der Waals surface area (Å²) in [7, 11) is 0. The van der Waals surface area contributed by atoms with Crippen LogP contribution in [0.4, 0.5) is 4.79 Å². The van der Waals surface area contributed by atoms with E-state index in [1.54, 1.807) is 11.8 Å². The van der Waals surface area contributed by atoms with Gasteiger partial charge < -0.3 is 15.4 Å². The fraction of sp³-hybridized carbons (Fsp3) is 0.909. The molecule has 1 aliphatic heterocycles. The van der Waals surface area contributed by atoms with Crippen molar-refractivity contribution in [3.63, 3.8) is 0 Å². The summed E-state index contributed by atoms with van der Waals surface area (Å²) < 4.78 is 5.52. The van der Waals surface area contributed by atoms with Gasteiger partial charge in [-0.2, -0.15) is 11.8 Å². The highest BCUT2D eigenvalue weighted by molar-refractivity contribution is 7.99. The first kappa shape index (κ1) is 13.6. The number of hydrogen-bond donors (Lipinski definition) is 2. The normalized spacial score (nSPS) is 23.8. The van der Waals surface area contributed by atoms with Crippen LogP contribution >= 0.6 is 11.8 Å². The summed E-state index contributed by atoms with van der Waals surface area (Å²) in [5, 5.41) is 6.23. The first-order valence-corrected chi connectivity index (χ1v) is 7.11. The van der Waals surface area contributed by atoms with Gasteiger partial charge in [0.2, 0.25) is 0 Å². The van der Waals surface area contributed by atoms with Gasteiger partial charge in [-0.3, -0.25) is 0 Å². The maximum absolute atomic E-state index is 11.5.